The SMILES string of the molecule is CC1Oc2ccc(-c3csc(-c4ccccc4)n3)cc2N(CC#N)C1=O. The average molecular weight is 361 g/mol. The van der Waals surface area contributed by atoms with Gasteiger partial charge in [0.1, 0.15) is 17.3 Å². The lowest BCUT2D eigenvalue weighted by atomic mass is 10.1. The van der Waals surface area contributed by atoms with Crippen LogP contribution in [0.2, 0.25) is 0 Å². The van der Waals surface area contributed by atoms with Gasteiger partial charge >= 0.3 is 0 Å². The molecule has 1 unspecified atom stereocenters. The minimum atomic E-state index is -0.592. The number of amides is 1. The third-order valence-electron chi connectivity index (χ3n) is 4.22. The summed E-state index contributed by atoms with van der Waals surface area (Å²) < 4.78 is 5.67. The van der Waals surface area contributed by atoms with Gasteiger partial charge in [0.05, 0.1) is 17.5 Å². The number of anilines is 1. The lowest BCUT2D eigenvalue weighted by molar-refractivity contribution is -0.125. The van der Waals surface area contributed by atoms with E-state index in [1.165, 1.54) is 4.90 Å². The number of thiazole rings is 1. The molecule has 1 aliphatic heterocycles. The molecule has 0 aliphatic carbocycles. The van der Waals surface area contributed by atoms with Gasteiger partial charge in [-0.15, -0.1) is 11.3 Å². The van der Waals surface area contributed by atoms with Gasteiger partial charge in [0.2, 0.25) is 0 Å². The van der Waals surface area contributed by atoms with Crippen molar-refractivity contribution in [2.45, 2.75) is 13.0 Å². The zero-order valence-electron chi connectivity index (χ0n) is 14.0. The number of fused-ring (bicyclic) bond motifs is 1. The van der Waals surface area contributed by atoms with Crippen molar-refractivity contribution < 1.29 is 9.53 Å². The molecule has 1 amide bonds. The van der Waals surface area contributed by atoms with Gasteiger partial charge in [-0.2, -0.15) is 5.26 Å². The smallest absolute Gasteiger partial charge is 0.268 e. The molecule has 6 heteroatoms. The molecule has 2 heterocycles. The summed E-state index contributed by atoms with van der Waals surface area (Å²) in [7, 11) is 0. The van der Waals surface area contributed by atoms with Crippen LogP contribution in [0.3, 0.4) is 0 Å². The minimum Gasteiger partial charge on any atom is -0.479 e. The predicted molar refractivity (Wildman–Crippen MR) is 101 cm³/mol. The Kier molecular flexibility index (Phi) is 4.15. The first kappa shape index (κ1) is 16.3. The van der Waals surface area contributed by atoms with Crippen LogP contribution >= 0.6 is 11.3 Å². The molecular formula is C20H15N3O2S. The first-order valence-corrected chi connectivity index (χ1v) is 9.05. The summed E-state index contributed by atoms with van der Waals surface area (Å²) in [6, 6.07) is 17.7. The molecule has 0 bridgehead atoms. The predicted octanol–water partition coefficient (Wildman–Crippen LogP) is 4.11. The number of benzene rings is 2. The van der Waals surface area contributed by atoms with Crippen LogP contribution in [-0.4, -0.2) is 23.5 Å². The number of nitrogens with zero attached hydrogens (tertiary/aromatic N) is 3. The number of carbonyl (C=O) groups excluding carboxylic acids is 1. The lowest BCUT2D eigenvalue weighted by Gasteiger charge is -2.31. The molecule has 1 aromatic heterocycles. The van der Waals surface area contributed by atoms with E-state index in [0.29, 0.717) is 11.4 Å². The average Bonchev–Trinajstić information content (AvgIpc) is 3.16. The fourth-order valence-electron chi connectivity index (χ4n) is 2.92. The molecule has 0 radical (unpaired) electrons. The second kappa shape index (κ2) is 6.62. The van der Waals surface area contributed by atoms with E-state index in [-0.39, 0.29) is 12.5 Å². The molecule has 4 rings (SSSR count). The molecule has 3 aromatic rings. The van der Waals surface area contributed by atoms with Gasteiger partial charge in [-0.1, -0.05) is 30.3 Å². The molecule has 1 aliphatic rings. The van der Waals surface area contributed by atoms with E-state index in [1.54, 1.807) is 18.3 Å². The van der Waals surface area contributed by atoms with Crippen molar-refractivity contribution in [3.8, 4) is 33.6 Å². The summed E-state index contributed by atoms with van der Waals surface area (Å²) in [5, 5.41) is 12.0. The van der Waals surface area contributed by atoms with E-state index in [2.05, 4.69) is 6.07 Å². The largest absolute Gasteiger partial charge is 0.479 e. The number of carbonyl (C=O) groups is 1. The van der Waals surface area contributed by atoms with E-state index in [1.807, 2.05) is 53.9 Å². The monoisotopic (exact) mass is 361 g/mol. The standard InChI is InChI=1S/C20H15N3O2S/c1-13-20(24)23(10-9-21)17-11-15(7-8-18(17)25-13)16-12-26-19(22-16)14-5-3-2-4-6-14/h2-8,11-13H,10H2,1H3. The molecule has 26 heavy (non-hydrogen) atoms. The molecule has 5 nitrogen and oxygen atoms in total. The first-order chi connectivity index (χ1) is 12.7. The van der Waals surface area contributed by atoms with Crippen molar-refractivity contribution in [2.24, 2.45) is 0 Å². The Morgan fingerprint density at radius 3 is 2.81 bits per heavy atom. The van der Waals surface area contributed by atoms with Crippen LogP contribution in [0.15, 0.2) is 53.9 Å². The van der Waals surface area contributed by atoms with Gasteiger partial charge < -0.3 is 4.74 Å². The Hall–Kier alpha value is -3.17. The zero-order chi connectivity index (χ0) is 18.1. The van der Waals surface area contributed by atoms with Gasteiger partial charge in [-0.05, 0) is 25.1 Å². The molecule has 1 atom stereocenters. The topological polar surface area (TPSA) is 66.2 Å². The minimum absolute atomic E-state index is 0.00465. The number of hydrogen-bond acceptors (Lipinski definition) is 5. The van der Waals surface area contributed by atoms with Crippen LogP contribution in [0.25, 0.3) is 21.8 Å². The quantitative estimate of drug-likeness (QED) is 0.658. The van der Waals surface area contributed by atoms with Gasteiger partial charge in [-0.25, -0.2) is 4.98 Å². The number of hydrogen-bond donors (Lipinski definition) is 0. The number of aromatic nitrogens is 1. The van der Waals surface area contributed by atoms with Crippen molar-refractivity contribution in [3.05, 3.63) is 53.9 Å². The van der Waals surface area contributed by atoms with Gasteiger partial charge in [0.15, 0.2) is 6.10 Å². The molecule has 0 fully saturated rings. The third-order valence-corrected chi connectivity index (χ3v) is 5.11. The summed E-state index contributed by atoms with van der Waals surface area (Å²) in [5.74, 6) is 0.397. The molecule has 0 N–H and O–H groups in total. The van der Waals surface area contributed by atoms with Crippen LogP contribution in [0.4, 0.5) is 5.69 Å². The number of ether oxygens (including phenoxy) is 1. The highest BCUT2D eigenvalue weighted by Crippen LogP contribution is 2.38. The summed E-state index contributed by atoms with van der Waals surface area (Å²) in [5.41, 5.74) is 3.40. The van der Waals surface area contributed by atoms with Crippen molar-refractivity contribution in [1.29, 1.82) is 5.26 Å². The summed E-state index contributed by atoms with van der Waals surface area (Å²) in [6.07, 6.45) is -0.592. The van der Waals surface area contributed by atoms with Crippen molar-refractivity contribution >= 4 is 22.9 Å². The molecule has 0 spiro atoms. The van der Waals surface area contributed by atoms with Gasteiger partial charge in [0.25, 0.3) is 5.91 Å². The summed E-state index contributed by atoms with van der Waals surface area (Å²) >= 11 is 1.57. The van der Waals surface area contributed by atoms with Crippen LogP contribution in [0, 0.1) is 11.3 Å². The zero-order valence-corrected chi connectivity index (χ0v) is 14.9. The van der Waals surface area contributed by atoms with Gasteiger partial charge in [0, 0.05) is 16.5 Å². The lowest BCUT2D eigenvalue weighted by Crippen LogP contribution is -2.44. The summed E-state index contributed by atoms with van der Waals surface area (Å²) in [6.45, 7) is 1.69. The highest BCUT2D eigenvalue weighted by molar-refractivity contribution is 7.13. The van der Waals surface area contributed by atoms with E-state index in [4.69, 9.17) is 15.0 Å². The molecule has 128 valence electrons. The van der Waals surface area contributed by atoms with Crippen LogP contribution in [0.5, 0.6) is 5.75 Å². The van der Waals surface area contributed by atoms with Crippen LogP contribution in [-0.2, 0) is 4.79 Å². The van der Waals surface area contributed by atoms with E-state index in [0.717, 1.165) is 21.8 Å². The van der Waals surface area contributed by atoms with E-state index >= 15 is 0 Å². The van der Waals surface area contributed by atoms with Crippen LogP contribution in [0.1, 0.15) is 6.92 Å². The Morgan fingerprint density at radius 1 is 1.23 bits per heavy atom. The fraction of sp³-hybridized carbons (Fsp3) is 0.150. The molecular weight excluding hydrogens is 346 g/mol. The second-order valence-corrected chi connectivity index (χ2v) is 6.79. The molecule has 2 aromatic carbocycles. The third kappa shape index (κ3) is 2.83. The second-order valence-electron chi connectivity index (χ2n) is 5.93. The maximum absolute atomic E-state index is 12.4. The Bertz CT molecular complexity index is 1010. The fourth-order valence-corrected chi connectivity index (χ4v) is 3.76. The van der Waals surface area contributed by atoms with Gasteiger partial charge in [-0.3, -0.25) is 9.69 Å². The highest BCUT2D eigenvalue weighted by atomic mass is 32.1. The normalized spacial score (nSPS) is 15.9. The van der Waals surface area contributed by atoms with Crippen molar-refractivity contribution in [3.63, 3.8) is 0 Å². The van der Waals surface area contributed by atoms with Crippen molar-refractivity contribution in [1.82, 2.24) is 4.98 Å². The highest BCUT2D eigenvalue weighted by Gasteiger charge is 2.31. The maximum Gasteiger partial charge on any atom is 0.268 e. The maximum atomic E-state index is 12.4. The van der Waals surface area contributed by atoms with E-state index in [9.17, 15) is 4.79 Å². The molecule has 0 saturated carbocycles. The Morgan fingerprint density at radius 2 is 2.04 bits per heavy atom. The van der Waals surface area contributed by atoms with E-state index < -0.39 is 6.10 Å². The van der Waals surface area contributed by atoms with Crippen molar-refractivity contribution in [2.75, 3.05) is 11.4 Å². The molecule has 0 saturated heterocycles. The summed E-state index contributed by atoms with van der Waals surface area (Å²) in [4.78, 5) is 18.5. The van der Waals surface area contributed by atoms with Crippen LogP contribution < -0.4 is 9.64 Å². The Balaban J connectivity index is 1.73. The number of nitriles is 1. The number of rotatable bonds is 3. The Labute approximate surface area is 155 Å². The first-order valence-electron chi connectivity index (χ1n) is 8.18.